The average molecular weight is 384 g/mol. The Balaban J connectivity index is 2.11. The predicted octanol–water partition coefficient (Wildman–Crippen LogP) is 0.560. The van der Waals surface area contributed by atoms with Gasteiger partial charge in [-0.05, 0) is 13.0 Å². The van der Waals surface area contributed by atoms with Gasteiger partial charge in [-0.15, -0.1) is 5.10 Å². The van der Waals surface area contributed by atoms with E-state index in [4.69, 9.17) is 19.9 Å². The molecule has 2 aliphatic heterocycles. The average Bonchev–Trinajstić information content (AvgIpc) is 3.21. The summed E-state index contributed by atoms with van der Waals surface area (Å²) >= 11 is 0. The second-order valence-electron chi connectivity index (χ2n) is 6.08. The number of carbonyl (C=O) groups excluding carboxylic acids is 3. The molecule has 2 aromatic rings. The van der Waals surface area contributed by atoms with Gasteiger partial charge in [0.05, 0.1) is 19.3 Å². The Labute approximate surface area is 158 Å². The first-order valence-corrected chi connectivity index (χ1v) is 8.40. The maximum atomic E-state index is 13.3. The summed E-state index contributed by atoms with van der Waals surface area (Å²) in [7, 11) is 1.19. The topological polar surface area (TPSA) is 146 Å². The lowest BCUT2D eigenvalue weighted by Crippen LogP contribution is -2.46. The minimum atomic E-state index is -1.78. The number of nitrogens with zero attached hydrogens (tertiary/aromatic N) is 1. The molecule has 28 heavy (non-hydrogen) atoms. The number of aromatic amines is 1. The van der Waals surface area contributed by atoms with Crippen molar-refractivity contribution in [2.45, 2.75) is 12.3 Å². The van der Waals surface area contributed by atoms with Crippen LogP contribution < -0.4 is 15.8 Å². The number of hydrogen-bond donors (Lipinski definition) is 3. The third-order valence-corrected chi connectivity index (χ3v) is 4.73. The van der Waals surface area contributed by atoms with Gasteiger partial charge in [0.1, 0.15) is 11.0 Å². The van der Waals surface area contributed by atoms with Crippen LogP contribution in [0.4, 0.5) is 5.69 Å². The predicted molar refractivity (Wildman–Crippen MR) is 94.3 cm³/mol. The van der Waals surface area contributed by atoms with Crippen molar-refractivity contribution in [3.05, 3.63) is 52.5 Å². The summed E-state index contributed by atoms with van der Waals surface area (Å²) in [6, 6.07) is 6.76. The number of carbonyl (C=O) groups is 3. The van der Waals surface area contributed by atoms with Gasteiger partial charge in [-0.25, -0.2) is 9.59 Å². The summed E-state index contributed by atoms with van der Waals surface area (Å²) in [4.78, 5) is 38.5. The Morgan fingerprint density at radius 2 is 2.04 bits per heavy atom. The van der Waals surface area contributed by atoms with Gasteiger partial charge in [0, 0.05) is 11.3 Å². The molecular weight excluding hydrogens is 368 g/mol. The monoisotopic (exact) mass is 384 g/mol. The molecule has 4 N–H and O–H groups in total. The number of nitrogens with two attached hydrogens (primary N) is 1. The molecule has 0 aliphatic carbocycles. The van der Waals surface area contributed by atoms with E-state index in [1.54, 1.807) is 31.2 Å². The SMILES string of the molecule is CCOC(=O)C1=C(N)Oc2n[nH]c(C(=O)OC)c2C12C(=O)Nc1ccccc12. The van der Waals surface area contributed by atoms with Crippen LogP contribution in [0.15, 0.2) is 35.7 Å². The lowest BCUT2D eigenvalue weighted by Gasteiger charge is -2.33. The number of esters is 2. The molecule has 1 amide bonds. The Hall–Kier alpha value is -3.82. The number of amides is 1. The fraction of sp³-hybridized carbons (Fsp3) is 0.222. The Kier molecular flexibility index (Phi) is 3.84. The van der Waals surface area contributed by atoms with Crippen LogP contribution >= 0.6 is 0 Å². The zero-order chi connectivity index (χ0) is 20.1. The fourth-order valence-electron chi connectivity index (χ4n) is 3.67. The molecule has 144 valence electrons. The van der Waals surface area contributed by atoms with E-state index in [2.05, 4.69) is 15.5 Å². The first-order valence-electron chi connectivity index (χ1n) is 8.40. The molecule has 10 heteroatoms. The lowest BCUT2D eigenvalue weighted by molar-refractivity contribution is -0.140. The number of aromatic nitrogens is 2. The lowest BCUT2D eigenvalue weighted by atomic mass is 9.68. The normalized spacial score (nSPS) is 19.6. The summed E-state index contributed by atoms with van der Waals surface area (Å²) in [6.45, 7) is 1.67. The second-order valence-corrected chi connectivity index (χ2v) is 6.08. The zero-order valence-corrected chi connectivity index (χ0v) is 15.0. The third-order valence-electron chi connectivity index (χ3n) is 4.73. The van der Waals surface area contributed by atoms with Crippen molar-refractivity contribution in [3.63, 3.8) is 0 Å². The number of H-pyrrole nitrogens is 1. The van der Waals surface area contributed by atoms with Crippen molar-refractivity contribution in [1.82, 2.24) is 10.2 Å². The van der Waals surface area contributed by atoms with Gasteiger partial charge in [0.25, 0.3) is 0 Å². The van der Waals surface area contributed by atoms with E-state index >= 15 is 0 Å². The minimum absolute atomic E-state index is 0.0408. The maximum absolute atomic E-state index is 13.3. The van der Waals surface area contributed by atoms with Crippen LogP contribution in [0.3, 0.4) is 0 Å². The molecule has 0 saturated carbocycles. The van der Waals surface area contributed by atoms with E-state index in [0.29, 0.717) is 11.3 Å². The number of rotatable bonds is 3. The van der Waals surface area contributed by atoms with Gasteiger partial charge < -0.3 is 25.3 Å². The number of anilines is 1. The Morgan fingerprint density at radius 3 is 2.75 bits per heavy atom. The molecular formula is C18H16N4O6. The number of para-hydroxylation sites is 1. The molecule has 0 saturated heterocycles. The Morgan fingerprint density at radius 1 is 1.29 bits per heavy atom. The van der Waals surface area contributed by atoms with E-state index in [0.717, 1.165) is 0 Å². The summed E-state index contributed by atoms with van der Waals surface area (Å²) in [5.74, 6) is -2.64. The van der Waals surface area contributed by atoms with Crippen molar-refractivity contribution in [1.29, 1.82) is 0 Å². The number of benzene rings is 1. The first kappa shape index (κ1) is 17.6. The van der Waals surface area contributed by atoms with E-state index in [-0.39, 0.29) is 35.2 Å². The highest BCUT2D eigenvalue weighted by atomic mass is 16.5. The van der Waals surface area contributed by atoms with Crippen molar-refractivity contribution in [2.24, 2.45) is 5.73 Å². The highest BCUT2D eigenvalue weighted by Crippen LogP contribution is 2.54. The maximum Gasteiger partial charge on any atom is 0.356 e. The summed E-state index contributed by atoms with van der Waals surface area (Å²) < 4.78 is 15.4. The van der Waals surface area contributed by atoms with Crippen LogP contribution in [0.5, 0.6) is 5.88 Å². The minimum Gasteiger partial charge on any atom is -0.464 e. The van der Waals surface area contributed by atoms with Crippen LogP contribution in [0.1, 0.15) is 28.5 Å². The van der Waals surface area contributed by atoms with E-state index in [9.17, 15) is 14.4 Å². The number of hydrogen-bond acceptors (Lipinski definition) is 8. The van der Waals surface area contributed by atoms with Crippen LogP contribution in [-0.4, -0.2) is 41.8 Å². The van der Waals surface area contributed by atoms with Gasteiger partial charge in [-0.1, -0.05) is 18.2 Å². The Bertz CT molecular complexity index is 1060. The highest BCUT2D eigenvalue weighted by Gasteiger charge is 2.61. The molecule has 10 nitrogen and oxygen atoms in total. The van der Waals surface area contributed by atoms with Crippen LogP contribution in [-0.2, 0) is 24.5 Å². The summed E-state index contributed by atoms with van der Waals surface area (Å²) in [5, 5.41) is 9.20. The standard InChI is InChI=1S/C18H16N4O6/c1-3-27-15(23)11-13(19)28-14-10(12(21-22-14)16(24)26-2)18(11)8-6-4-5-7-9(8)20-17(18)25/h4-7H,3,19H2,1-2H3,(H,20,25)(H,21,22). The van der Waals surface area contributed by atoms with Crippen molar-refractivity contribution in [3.8, 4) is 5.88 Å². The van der Waals surface area contributed by atoms with Gasteiger partial charge >= 0.3 is 11.9 Å². The molecule has 1 aromatic heterocycles. The highest BCUT2D eigenvalue weighted by molar-refractivity contribution is 6.18. The number of nitrogens with one attached hydrogen (secondary N) is 2. The molecule has 0 bridgehead atoms. The van der Waals surface area contributed by atoms with E-state index in [1.165, 1.54) is 7.11 Å². The summed E-state index contributed by atoms with van der Waals surface area (Å²) in [5.41, 5.74) is 4.81. The van der Waals surface area contributed by atoms with Gasteiger partial charge in [0.15, 0.2) is 5.69 Å². The molecule has 4 rings (SSSR count). The number of methoxy groups -OCH3 is 1. The van der Waals surface area contributed by atoms with Gasteiger partial charge in [0.2, 0.25) is 17.7 Å². The van der Waals surface area contributed by atoms with Crippen LogP contribution in [0.2, 0.25) is 0 Å². The van der Waals surface area contributed by atoms with Crippen molar-refractivity contribution >= 4 is 23.5 Å². The molecule has 1 unspecified atom stereocenters. The quantitative estimate of drug-likeness (QED) is 0.651. The molecule has 0 fully saturated rings. The second kappa shape index (κ2) is 6.12. The molecule has 0 radical (unpaired) electrons. The van der Waals surface area contributed by atoms with Crippen molar-refractivity contribution < 1.29 is 28.6 Å². The van der Waals surface area contributed by atoms with Crippen LogP contribution in [0, 0.1) is 0 Å². The molecule has 1 aromatic carbocycles. The van der Waals surface area contributed by atoms with Gasteiger partial charge in [-0.3, -0.25) is 9.89 Å². The van der Waals surface area contributed by atoms with Crippen molar-refractivity contribution in [2.75, 3.05) is 19.0 Å². The largest absolute Gasteiger partial charge is 0.464 e. The summed E-state index contributed by atoms with van der Waals surface area (Å²) in [6.07, 6.45) is 0. The van der Waals surface area contributed by atoms with E-state index < -0.39 is 23.3 Å². The number of fused-ring (bicyclic) bond motifs is 4. The smallest absolute Gasteiger partial charge is 0.356 e. The fourth-order valence-corrected chi connectivity index (χ4v) is 3.67. The first-order chi connectivity index (χ1) is 13.5. The molecule has 2 aliphatic rings. The van der Waals surface area contributed by atoms with E-state index in [1.807, 2.05) is 0 Å². The number of ether oxygens (including phenoxy) is 3. The van der Waals surface area contributed by atoms with Gasteiger partial charge in [-0.2, -0.15) is 0 Å². The molecule has 3 heterocycles. The molecule has 1 spiro atoms. The third kappa shape index (κ3) is 2.08. The van der Waals surface area contributed by atoms with Crippen LogP contribution in [0.25, 0.3) is 0 Å². The zero-order valence-electron chi connectivity index (χ0n) is 15.0. The molecule has 1 atom stereocenters.